The second-order valence-electron chi connectivity index (χ2n) is 5.99. The molecule has 1 aromatic carbocycles. The van der Waals surface area contributed by atoms with Crippen molar-refractivity contribution >= 4 is 5.69 Å². The maximum atomic E-state index is 13.8. The lowest BCUT2D eigenvalue weighted by atomic mass is 9.84. The Balaban J connectivity index is 2.45. The largest absolute Gasteiger partial charge is 0.388 e. The number of aliphatic hydroxyl groups is 1. The number of benzene rings is 1. The van der Waals surface area contributed by atoms with Crippen molar-refractivity contribution in [3.63, 3.8) is 0 Å². The monoisotopic (exact) mass is 294 g/mol. The van der Waals surface area contributed by atoms with E-state index < -0.39 is 22.8 Å². The molecule has 5 heteroatoms. The summed E-state index contributed by atoms with van der Waals surface area (Å²) in [5, 5.41) is 19.5. The first-order chi connectivity index (χ1) is 9.84. The molecule has 21 heavy (non-hydrogen) atoms. The molecule has 0 bridgehead atoms. The highest BCUT2D eigenvalue weighted by Crippen LogP contribution is 2.39. The number of hydrogen-bond acceptors (Lipinski definition) is 3. The van der Waals surface area contributed by atoms with Gasteiger partial charge < -0.3 is 10.0 Å². The summed E-state index contributed by atoms with van der Waals surface area (Å²) in [6, 6.07) is 3.68. The van der Waals surface area contributed by atoms with Crippen molar-refractivity contribution < 1.29 is 13.9 Å². The SMILES string of the molecule is CC[C@]1(O)CCN(c2cc(F)c(C#N)c(F)c2)[C@H]1C(C)C. The van der Waals surface area contributed by atoms with Crippen molar-refractivity contribution in [2.24, 2.45) is 5.92 Å². The smallest absolute Gasteiger partial charge is 0.146 e. The molecule has 0 aromatic heterocycles. The summed E-state index contributed by atoms with van der Waals surface area (Å²) in [6.07, 6.45) is 1.16. The molecule has 1 saturated heterocycles. The highest BCUT2D eigenvalue weighted by molar-refractivity contribution is 5.54. The Hall–Kier alpha value is -1.67. The fourth-order valence-corrected chi connectivity index (χ4v) is 3.38. The summed E-state index contributed by atoms with van der Waals surface area (Å²) in [4.78, 5) is 1.85. The molecule has 114 valence electrons. The van der Waals surface area contributed by atoms with E-state index in [0.29, 0.717) is 25.1 Å². The number of anilines is 1. The molecule has 1 N–H and O–H groups in total. The van der Waals surface area contributed by atoms with Gasteiger partial charge in [0.25, 0.3) is 0 Å². The summed E-state index contributed by atoms with van der Waals surface area (Å²) in [5.41, 5.74) is -1.04. The Morgan fingerprint density at radius 3 is 2.43 bits per heavy atom. The highest BCUT2D eigenvalue weighted by atomic mass is 19.1. The number of nitrogens with zero attached hydrogens (tertiary/aromatic N) is 2. The van der Waals surface area contributed by atoms with Gasteiger partial charge in [-0.25, -0.2) is 8.78 Å². The third kappa shape index (κ3) is 2.60. The number of halogens is 2. The normalized spacial score (nSPS) is 25.4. The summed E-state index contributed by atoms with van der Waals surface area (Å²) >= 11 is 0. The molecular weight excluding hydrogens is 274 g/mol. The lowest BCUT2D eigenvalue weighted by Gasteiger charge is -2.37. The summed E-state index contributed by atoms with van der Waals surface area (Å²) in [5.74, 6) is -1.58. The number of nitriles is 1. The molecule has 3 nitrogen and oxygen atoms in total. The maximum absolute atomic E-state index is 13.8. The van der Waals surface area contributed by atoms with E-state index in [1.54, 1.807) is 0 Å². The second-order valence-corrected chi connectivity index (χ2v) is 5.99. The van der Waals surface area contributed by atoms with Crippen LogP contribution in [0.1, 0.15) is 39.2 Å². The maximum Gasteiger partial charge on any atom is 0.146 e. The van der Waals surface area contributed by atoms with Gasteiger partial charge in [-0.2, -0.15) is 5.26 Å². The predicted octanol–water partition coefficient (Wildman–Crippen LogP) is 3.21. The van der Waals surface area contributed by atoms with Crippen molar-refractivity contribution in [2.75, 3.05) is 11.4 Å². The quantitative estimate of drug-likeness (QED) is 0.931. The molecule has 2 rings (SSSR count). The minimum Gasteiger partial charge on any atom is -0.388 e. The van der Waals surface area contributed by atoms with Crippen LogP contribution in [-0.4, -0.2) is 23.3 Å². The van der Waals surface area contributed by atoms with E-state index in [1.165, 1.54) is 18.2 Å². The molecule has 0 saturated carbocycles. The van der Waals surface area contributed by atoms with E-state index in [1.807, 2.05) is 25.7 Å². The van der Waals surface area contributed by atoms with E-state index in [9.17, 15) is 13.9 Å². The van der Waals surface area contributed by atoms with Crippen LogP contribution in [0.15, 0.2) is 12.1 Å². The molecule has 1 fully saturated rings. The van der Waals surface area contributed by atoms with Gasteiger partial charge in [-0.3, -0.25) is 0 Å². The second kappa shape index (κ2) is 5.61. The minimum absolute atomic E-state index is 0.138. The van der Waals surface area contributed by atoms with Crippen LogP contribution in [0, 0.1) is 28.9 Å². The number of hydrogen-bond donors (Lipinski definition) is 1. The first kappa shape index (κ1) is 15.7. The third-order valence-electron chi connectivity index (χ3n) is 4.39. The van der Waals surface area contributed by atoms with Crippen LogP contribution in [0.25, 0.3) is 0 Å². The van der Waals surface area contributed by atoms with Gasteiger partial charge in [-0.15, -0.1) is 0 Å². The van der Waals surface area contributed by atoms with Gasteiger partial charge in [0.1, 0.15) is 23.3 Å². The Bertz CT molecular complexity index is 559. The van der Waals surface area contributed by atoms with Crippen molar-refractivity contribution in [2.45, 2.75) is 45.3 Å². The van der Waals surface area contributed by atoms with E-state index in [2.05, 4.69) is 0 Å². The average molecular weight is 294 g/mol. The van der Waals surface area contributed by atoms with Gasteiger partial charge in [0.05, 0.1) is 11.6 Å². The lowest BCUT2D eigenvalue weighted by molar-refractivity contribution is 0.0148. The van der Waals surface area contributed by atoms with Crippen LogP contribution in [0.2, 0.25) is 0 Å². The van der Waals surface area contributed by atoms with Gasteiger partial charge in [0.2, 0.25) is 0 Å². The van der Waals surface area contributed by atoms with E-state index in [4.69, 9.17) is 5.26 Å². The van der Waals surface area contributed by atoms with Gasteiger partial charge in [-0.1, -0.05) is 20.8 Å². The van der Waals surface area contributed by atoms with E-state index >= 15 is 0 Å². The first-order valence-electron chi connectivity index (χ1n) is 7.22. The summed E-state index contributed by atoms with van der Waals surface area (Å²) in [6.45, 7) is 6.43. The predicted molar refractivity (Wildman–Crippen MR) is 76.9 cm³/mol. The van der Waals surface area contributed by atoms with Gasteiger partial charge >= 0.3 is 0 Å². The molecule has 1 aromatic rings. The molecule has 0 amide bonds. The Morgan fingerprint density at radius 1 is 1.43 bits per heavy atom. The number of rotatable bonds is 3. The zero-order valence-corrected chi connectivity index (χ0v) is 12.5. The zero-order chi connectivity index (χ0) is 15.8. The highest BCUT2D eigenvalue weighted by Gasteiger charge is 2.46. The third-order valence-corrected chi connectivity index (χ3v) is 4.39. The molecule has 0 spiro atoms. The fraction of sp³-hybridized carbons (Fsp3) is 0.562. The molecule has 1 aliphatic rings. The molecule has 2 atom stereocenters. The van der Waals surface area contributed by atoms with Crippen molar-refractivity contribution in [1.82, 2.24) is 0 Å². The molecule has 0 unspecified atom stereocenters. The molecular formula is C16H20F2N2O. The van der Waals surface area contributed by atoms with Crippen molar-refractivity contribution in [1.29, 1.82) is 5.26 Å². The van der Waals surface area contributed by atoms with Crippen LogP contribution >= 0.6 is 0 Å². The van der Waals surface area contributed by atoms with Crippen LogP contribution in [-0.2, 0) is 0 Å². The van der Waals surface area contributed by atoms with Crippen LogP contribution in [0.5, 0.6) is 0 Å². The fourth-order valence-electron chi connectivity index (χ4n) is 3.38. The Morgan fingerprint density at radius 2 is 2.00 bits per heavy atom. The standard InChI is InChI=1S/C16H20F2N2O/c1-4-16(21)5-6-20(15(16)10(2)3)11-7-13(17)12(9-19)14(18)8-11/h7-8,10,15,21H,4-6H2,1-3H3/t15-,16-/m0/s1. The molecule has 0 aliphatic carbocycles. The van der Waals surface area contributed by atoms with E-state index in [-0.39, 0.29) is 12.0 Å². The average Bonchev–Trinajstić information content (AvgIpc) is 2.77. The Kier molecular flexibility index (Phi) is 4.20. The van der Waals surface area contributed by atoms with Crippen molar-refractivity contribution in [3.05, 3.63) is 29.3 Å². The Labute approximate surface area is 123 Å². The molecule has 1 aliphatic heterocycles. The van der Waals surface area contributed by atoms with Gasteiger partial charge in [0, 0.05) is 12.2 Å². The van der Waals surface area contributed by atoms with Crippen molar-refractivity contribution in [3.8, 4) is 6.07 Å². The van der Waals surface area contributed by atoms with Gasteiger partial charge in [-0.05, 0) is 30.9 Å². The van der Waals surface area contributed by atoms with Crippen LogP contribution in [0.4, 0.5) is 14.5 Å². The van der Waals surface area contributed by atoms with Gasteiger partial charge in [0.15, 0.2) is 0 Å². The minimum atomic E-state index is -0.859. The van der Waals surface area contributed by atoms with Crippen LogP contribution < -0.4 is 4.90 Å². The van der Waals surface area contributed by atoms with Crippen LogP contribution in [0.3, 0.4) is 0 Å². The topological polar surface area (TPSA) is 47.3 Å². The lowest BCUT2D eigenvalue weighted by Crippen LogP contribution is -2.48. The van der Waals surface area contributed by atoms with E-state index in [0.717, 1.165) is 0 Å². The molecule has 1 heterocycles. The summed E-state index contributed by atoms with van der Waals surface area (Å²) in [7, 11) is 0. The summed E-state index contributed by atoms with van der Waals surface area (Å²) < 4.78 is 27.6. The zero-order valence-electron chi connectivity index (χ0n) is 12.5. The molecule has 0 radical (unpaired) electrons. The first-order valence-corrected chi connectivity index (χ1v) is 7.22.